The number of benzene rings is 1. The molecule has 3 heteroatoms. The maximum atomic E-state index is 9.17. The molecule has 1 unspecified atom stereocenters. The molecule has 1 N–H and O–H groups in total. The molecule has 2 heterocycles. The number of nitriles is 1. The van der Waals surface area contributed by atoms with E-state index in [-0.39, 0.29) is 0 Å². The molecule has 0 amide bonds. The van der Waals surface area contributed by atoms with Crippen LogP contribution in [0.1, 0.15) is 35.6 Å². The molecule has 1 aromatic carbocycles. The fraction of sp³-hybridized carbons (Fsp3) is 0.381. The number of rotatable bonds is 4. The Morgan fingerprint density at radius 3 is 3.00 bits per heavy atom. The molecule has 0 bridgehead atoms. The summed E-state index contributed by atoms with van der Waals surface area (Å²) in [6, 6.07) is 9.47. The Balaban J connectivity index is 1.84. The Kier molecular flexibility index (Phi) is 3.78. The zero-order valence-corrected chi connectivity index (χ0v) is 14.0. The predicted octanol–water partition coefficient (Wildman–Crippen LogP) is 4.24. The normalized spacial score (nSPS) is 25.9. The van der Waals surface area contributed by atoms with Crippen molar-refractivity contribution < 1.29 is 0 Å². The Morgan fingerprint density at radius 1 is 1.38 bits per heavy atom. The first-order valence-electron chi connectivity index (χ1n) is 8.74. The molecule has 3 nitrogen and oxygen atoms in total. The largest absolute Gasteiger partial charge is 0.355 e. The molecule has 1 aromatic heterocycles. The Bertz CT molecular complexity index is 839. The first-order valence-corrected chi connectivity index (χ1v) is 8.74. The molecule has 1 fully saturated rings. The van der Waals surface area contributed by atoms with Crippen LogP contribution in [0.15, 0.2) is 37.4 Å². The average molecular weight is 317 g/mol. The smallest absolute Gasteiger partial charge is 0.0625 e. The van der Waals surface area contributed by atoms with Crippen molar-refractivity contribution >= 4 is 17.0 Å². The highest BCUT2D eigenvalue weighted by Gasteiger charge is 2.40. The molecule has 0 spiro atoms. The molecular weight excluding hydrogens is 294 g/mol. The van der Waals surface area contributed by atoms with Crippen LogP contribution in [0, 0.1) is 17.2 Å². The number of nitrogens with zero attached hydrogens (tertiary/aromatic N) is 2. The van der Waals surface area contributed by atoms with Crippen LogP contribution in [-0.4, -0.2) is 29.0 Å². The number of hydrogen-bond acceptors (Lipinski definition) is 2. The molecule has 2 aliphatic rings. The Morgan fingerprint density at radius 2 is 2.25 bits per heavy atom. The van der Waals surface area contributed by atoms with E-state index in [0.717, 1.165) is 31.6 Å². The third-order valence-electron chi connectivity index (χ3n) is 5.77. The summed E-state index contributed by atoms with van der Waals surface area (Å²) in [5.41, 5.74) is 5.23. The average Bonchev–Trinajstić information content (AvgIpc) is 2.96. The quantitative estimate of drug-likeness (QED) is 0.857. The van der Waals surface area contributed by atoms with E-state index >= 15 is 0 Å². The monoisotopic (exact) mass is 317 g/mol. The van der Waals surface area contributed by atoms with Crippen molar-refractivity contribution in [3.63, 3.8) is 0 Å². The molecule has 1 aliphatic heterocycles. The highest BCUT2D eigenvalue weighted by Crippen LogP contribution is 2.46. The van der Waals surface area contributed by atoms with Gasteiger partial charge in [0, 0.05) is 48.1 Å². The van der Waals surface area contributed by atoms with Gasteiger partial charge in [-0.2, -0.15) is 5.26 Å². The van der Waals surface area contributed by atoms with Crippen LogP contribution in [0.3, 0.4) is 0 Å². The van der Waals surface area contributed by atoms with Crippen molar-refractivity contribution in [2.24, 2.45) is 5.92 Å². The van der Waals surface area contributed by atoms with Crippen molar-refractivity contribution in [1.82, 2.24) is 9.88 Å². The number of aromatic amines is 1. The predicted molar refractivity (Wildman–Crippen MR) is 98.7 cm³/mol. The number of aromatic nitrogens is 1. The van der Waals surface area contributed by atoms with Crippen molar-refractivity contribution in [3.8, 4) is 6.07 Å². The summed E-state index contributed by atoms with van der Waals surface area (Å²) < 4.78 is 0. The molecule has 3 atom stereocenters. The van der Waals surface area contributed by atoms with Crippen LogP contribution in [0.5, 0.6) is 0 Å². The molecule has 122 valence electrons. The minimum atomic E-state index is 0.450. The number of likely N-dealkylation sites (tertiary alicyclic amines) is 1. The third kappa shape index (κ3) is 2.22. The summed E-state index contributed by atoms with van der Waals surface area (Å²) in [6.45, 7) is 9.82. The molecular formula is C21H23N3. The van der Waals surface area contributed by atoms with Crippen LogP contribution in [0.4, 0.5) is 0 Å². The van der Waals surface area contributed by atoms with Gasteiger partial charge in [-0.05, 0) is 42.0 Å². The third-order valence-corrected chi connectivity index (χ3v) is 5.77. The summed E-state index contributed by atoms with van der Waals surface area (Å²) >= 11 is 0. The van der Waals surface area contributed by atoms with Gasteiger partial charge in [-0.25, -0.2) is 0 Å². The van der Waals surface area contributed by atoms with Crippen molar-refractivity contribution in [2.75, 3.05) is 13.1 Å². The van der Waals surface area contributed by atoms with E-state index in [1.807, 2.05) is 12.2 Å². The lowest BCUT2D eigenvalue weighted by Gasteiger charge is -2.46. The maximum Gasteiger partial charge on any atom is 0.0625 e. The van der Waals surface area contributed by atoms with E-state index in [9.17, 15) is 5.26 Å². The minimum absolute atomic E-state index is 0.450. The lowest BCUT2D eigenvalue weighted by molar-refractivity contribution is 0.0982. The van der Waals surface area contributed by atoms with E-state index in [0.29, 0.717) is 24.3 Å². The fourth-order valence-corrected chi connectivity index (χ4v) is 4.84. The van der Waals surface area contributed by atoms with Gasteiger partial charge in [0.1, 0.15) is 0 Å². The highest BCUT2D eigenvalue weighted by atomic mass is 15.2. The standard InChI is InChI=1S/C21H23N3/c1-3-10-24-13-14(8-9-22)11-16-15-6-5-7-19-21(15)17(12-20(16)24)18(4-2)23-19/h3-7,14,16,20,23H,1-2,8,10-13H2/t14-,16?,20-/m1/s1. The van der Waals surface area contributed by atoms with Crippen LogP contribution in [-0.2, 0) is 6.42 Å². The van der Waals surface area contributed by atoms with Gasteiger partial charge < -0.3 is 4.98 Å². The van der Waals surface area contributed by atoms with Gasteiger partial charge in [-0.3, -0.25) is 4.90 Å². The van der Waals surface area contributed by atoms with E-state index in [1.165, 1.54) is 22.0 Å². The van der Waals surface area contributed by atoms with Crippen molar-refractivity contribution in [2.45, 2.75) is 31.2 Å². The molecule has 1 saturated heterocycles. The molecule has 0 radical (unpaired) electrons. The van der Waals surface area contributed by atoms with Gasteiger partial charge in [0.2, 0.25) is 0 Å². The van der Waals surface area contributed by atoms with Crippen molar-refractivity contribution in [1.29, 1.82) is 5.26 Å². The molecule has 4 rings (SSSR count). The fourth-order valence-electron chi connectivity index (χ4n) is 4.84. The molecule has 1 aliphatic carbocycles. The van der Waals surface area contributed by atoms with Crippen LogP contribution >= 0.6 is 0 Å². The van der Waals surface area contributed by atoms with Crippen LogP contribution in [0.2, 0.25) is 0 Å². The van der Waals surface area contributed by atoms with Gasteiger partial charge in [0.25, 0.3) is 0 Å². The minimum Gasteiger partial charge on any atom is -0.355 e. The van der Waals surface area contributed by atoms with Gasteiger partial charge in [-0.15, -0.1) is 6.58 Å². The summed E-state index contributed by atoms with van der Waals surface area (Å²) in [5.74, 6) is 0.951. The first kappa shape index (κ1) is 15.2. The summed E-state index contributed by atoms with van der Waals surface area (Å²) in [7, 11) is 0. The van der Waals surface area contributed by atoms with Gasteiger partial charge in [-0.1, -0.05) is 24.8 Å². The van der Waals surface area contributed by atoms with Gasteiger partial charge in [0.15, 0.2) is 0 Å². The van der Waals surface area contributed by atoms with E-state index in [1.54, 1.807) is 0 Å². The van der Waals surface area contributed by atoms with Crippen molar-refractivity contribution in [3.05, 3.63) is 54.3 Å². The molecule has 0 saturated carbocycles. The Hall–Kier alpha value is -2.31. The SMILES string of the molecule is C=CCN1C[C@H](CC#N)CC2c3cccc4[nH]c(C=C)c(c34)C[C@H]21. The summed E-state index contributed by atoms with van der Waals surface area (Å²) in [4.78, 5) is 6.06. The lowest BCUT2D eigenvalue weighted by atomic mass is 9.71. The number of H-pyrrole nitrogens is 1. The lowest BCUT2D eigenvalue weighted by Crippen LogP contribution is -2.50. The van der Waals surface area contributed by atoms with Crippen LogP contribution in [0.25, 0.3) is 17.0 Å². The van der Waals surface area contributed by atoms with Crippen LogP contribution < -0.4 is 0 Å². The summed E-state index contributed by atoms with van der Waals surface area (Å²) in [5, 5.41) is 10.6. The second-order valence-corrected chi connectivity index (χ2v) is 7.08. The zero-order valence-electron chi connectivity index (χ0n) is 14.0. The molecule has 2 aromatic rings. The maximum absolute atomic E-state index is 9.17. The van der Waals surface area contributed by atoms with Gasteiger partial charge in [0.05, 0.1) is 6.07 Å². The van der Waals surface area contributed by atoms with E-state index < -0.39 is 0 Å². The highest BCUT2D eigenvalue weighted by molar-refractivity contribution is 5.91. The second-order valence-electron chi connectivity index (χ2n) is 7.08. The van der Waals surface area contributed by atoms with E-state index in [4.69, 9.17) is 0 Å². The topological polar surface area (TPSA) is 42.8 Å². The Labute approximate surface area is 143 Å². The second kappa shape index (κ2) is 5.96. The summed E-state index contributed by atoms with van der Waals surface area (Å²) in [6.07, 6.45) is 6.74. The van der Waals surface area contributed by atoms with Gasteiger partial charge >= 0.3 is 0 Å². The molecule has 24 heavy (non-hydrogen) atoms. The first-order chi connectivity index (χ1) is 11.8. The van der Waals surface area contributed by atoms with E-state index in [2.05, 4.69) is 47.3 Å². The zero-order chi connectivity index (χ0) is 16.7. The number of hydrogen-bond donors (Lipinski definition) is 1. The number of piperidine rings is 1. The number of fused-ring (bicyclic) bond motifs is 2. The number of nitrogens with one attached hydrogen (secondary N) is 1.